The molecule has 1 saturated heterocycles. The van der Waals surface area contributed by atoms with E-state index in [0.29, 0.717) is 45.4 Å². The summed E-state index contributed by atoms with van der Waals surface area (Å²) in [6.45, 7) is 2.07. The summed E-state index contributed by atoms with van der Waals surface area (Å²) in [7, 11) is 0. The van der Waals surface area contributed by atoms with Gasteiger partial charge in [-0.05, 0) is 31.2 Å². The van der Waals surface area contributed by atoms with Crippen LogP contribution in [-0.4, -0.2) is 58.9 Å². The van der Waals surface area contributed by atoms with Crippen LogP contribution >= 0.6 is 0 Å². The molecule has 2 aliphatic rings. The number of hydrogen-bond donors (Lipinski definition) is 1. The lowest BCUT2D eigenvalue weighted by Gasteiger charge is -2.40. The molecule has 0 unspecified atom stereocenters. The van der Waals surface area contributed by atoms with Crippen molar-refractivity contribution in [2.24, 2.45) is 5.41 Å². The molecule has 0 bridgehead atoms. The molecule has 1 aromatic carbocycles. The van der Waals surface area contributed by atoms with Gasteiger partial charge < -0.3 is 14.9 Å². The number of carbonyl (C=O) groups excluding carboxylic acids is 2. The van der Waals surface area contributed by atoms with E-state index in [-0.39, 0.29) is 18.2 Å². The van der Waals surface area contributed by atoms with Gasteiger partial charge in [-0.2, -0.15) is 0 Å². The van der Waals surface area contributed by atoms with E-state index in [1.54, 1.807) is 4.90 Å². The molecular formula is C21H28N2O4. The maximum absolute atomic E-state index is 12.5. The van der Waals surface area contributed by atoms with E-state index in [2.05, 4.69) is 12.1 Å². The molecule has 0 aromatic heterocycles. The Bertz CT molecular complexity index is 677. The van der Waals surface area contributed by atoms with Crippen molar-refractivity contribution in [3.63, 3.8) is 0 Å². The van der Waals surface area contributed by atoms with Crippen LogP contribution in [0.1, 0.15) is 44.1 Å². The topological polar surface area (TPSA) is 77.9 Å². The Kier molecular flexibility index (Phi) is 6.14. The van der Waals surface area contributed by atoms with E-state index in [0.717, 1.165) is 19.3 Å². The SMILES string of the molecule is O=C(CCCc1ccccc1)N1CCN(C(=O)CC2(C(=O)O)CCC2)CC1. The van der Waals surface area contributed by atoms with E-state index < -0.39 is 11.4 Å². The zero-order valence-corrected chi connectivity index (χ0v) is 15.7. The number of carbonyl (C=O) groups is 3. The lowest BCUT2D eigenvalue weighted by atomic mass is 9.66. The molecule has 6 heteroatoms. The molecule has 3 rings (SSSR count). The minimum absolute atomic E-state index is 0.0896. The van der Waals surface area contributed by atoms with Crippen LogP contribution in [0, 0.1) is 5.41 Å². The van der Waals surface area contributed by atoms with Gasteiger partial charge in [-0.1, -0.05) is 36.8 Å². The van der Waals surface area contributed by atoms with Gasteiger partial charge in [-0.15, -0.1) is 0 Å². The molecule has 1 heterocycles. The normalized spacial score (nSPS) is 18.7. The van der Waals surface area contributed by atoms with Crippen molar-refractivity contribution in [1.82, 2.24) is 9.80 Å². The monoisotopic (exact) mass is 372 g/mol. The van der Waals surface area contributed by atoms with Gasteiger partial charge in [0.25, 0.3) is 0 Å². The van der Waals surface area contributed by atoms with E-state index in [9.17, 15) is 19.5 Å². The third-order valence-electron chi connectivity index (χ3n) is 5.94. The molecule has 2 amide bonds. The maximum atomic E-state index is 12.5. The first-order chi connectivity index (χ1) is 13.0. The minimum atomic E-state index is -0.852. The molecule has 2 fully saturated rings. The quantitative estimate of drug-likeness (QED) is 0.797. The van der Waals surface area contributed by atoms with Crippen molar-refractivity contribution in [1.29, 1.82) is 0 Å². The molecule has 27 heavy (non-hydrogen) atoms. The van der Waals surface area contributed by atoms with Gasteiger partial charge in [-0.3, -0.25) is 14.4 Å². The van der Waals surface area contributed by atoms with Crippen molar-refractivity contribution in [2.45, 2.75) is 44.9 Å². The summed E-state index contributed by atoms with van der Waals surface area (Å²) in [5.74, 6) is -0.804. The molecule has 0 atom stereocenters. The van der Waals surface area contributed by atoms with E-state index in [4.69, 9.17) is 0 Å². The van der Waals surface area contributed by atoms with Crippen molar-refractivity contribution in [3.05, 3.63) is 35.9 Å². The number of hydrogen-bond acceptors (Lipinski definition) is 3. The minimum Gasteiger partial charge on any atom is -0.481 e. The number of piperazine rings is 1. The second-order valence-corrected chi connectivity index (χ2v) is 7.72. The van der Waals surface area contributed by atoms with Crippen LogP contribution in [0.25, 0.3) is 0 Å². The number of aryl methyl sites for hydroxylation is 1. The van der Waals surface area contributed by atoms with E-state index in [1.807, 2.05) is 23.1 Å². The molecule has 0 radical (unpaired) electrons. The van der Waals surface area contributed by atoms with Gasteiger partial charge in [0.15, 0.2) is 0 Å². The average molecular weight is 372 g/mol. The molecule has 0 spiro atoms. The fourth-order valence-electron chi connectivity index (χ4n) is 3.92. The first-order valence-electron chi connectivity index (χ1n) is 9.83. The average Bonchev–Trinajstić information content (AvgIpc) is 2.65. The highest BCUT2D eigenvalue weighted by molar-refractivity contribution is 5.86. The number of aliphatic carboxylic acids is 1. The van der Waals surface area contributed by atoms with Gasteiger partial charge in [0.1, 0.15) is 0 Å². The standard InChI is InChI=1S/C21H28N2O4/c24-18(9-4-8-17-6-2-1-3-7-17)22-12-14-23(15-13-22)19(25)16-21(20(26)27)10-5-11-21/h1-3,6-7H,4-5,8-16H2,(H,26,27). The van der Waals surface area contributed by atoms with Crippen molar-refractivity contribution >= 4 is 17.8 Å². The number of nitrogens with zero attached hydrogens (tertiary/aromatic N) is 2. The van der Waals surface area contributed by atoms with Gasteiger partial charge in [0, 0.05) is 39.0 Å². The highest BCUT2D eigenvalue weighted by atomic mass is 16.4. The summed E-state index contributed by atoms with van der Waals surface area (Å²) in [5.41, 5.74) is 0.394. The van der Waals surface area contributed by atoms with Crippen molar-refractivity contribution < 1.29 is 19.5 Å². The Morgan fingerprint density at radius 2 is 1.52 bits per heavy atom. The molecule has 1 saturated carbocycles. The Morgan fingerprint density at radius 1 is 0.926 bits per heavy atom. The van der Waals surface area contributed by atoms with Crippen LogP contribution in [-0.2, 0) is 20.8 Å². The number of carboxylic acids is 1. The van der Waals surface area contributed by atoms with E-state index >= 15 is 0 Å². The van der Waals surface area contributed by atoms with Gasteiger partial charge in [-0.25, -0.2) is 0 Å². The van der Waals surface area contributed by atoms with Gasteiger partial charge in [0.05, 0.1) is 5.41 Å². The van der Waals surface area contributed by atoms with Crippen LogP contribution in [0.15, 0.2) is 30.3 Å². The number of benzene rings is 1. The molecule has 1 aliphatic heterocycles. The Morgan fingerprint density at radius 3 is 2.04 bits per heavy atom. The largest absolute Gasteiger partial charge is 0.481 e. The molecule has 6 nitrogen and oxygen atoms in total. The zero-order valence-electron chi connectivity index (χ0n) is 15.7. The second-order valence-electron chi connectivity index (χ2n) is 7.72. The highest BCUT2D eigenvalue weighted by Crippen LogP contribution is 2.44. The predicted octanol–water partition coefficient (Wildman–Crippen LogP) is 2.33. The Labute approximate surface area is 160 Å². The first-order valence-corrected chi connectivity index (χ1v) is 9.83. The fourth-order valence-corrected chi connectivity index (χ4v) is 3.92. The summed E-state index contributed by atoms with van der Waals surface area (Å²) < 4.78 is 0. The van der Waals surface area contributed by atoms with Gasteiger partial charge >= 0.3 is 5.97 Å². The highest BCUT2D eigenvalue weighted by Gasteiger charge is 2.46. The van der Waals surface area contributed by atoms with Crippen LogP contribution in [0.3, 0.4) is 0 Å². The molecule has 1 aromatic rings. The Hall–Kier alpha value is -2.37. The third kappa shape index (κ3) is 4.67. The van der Waals surface area contributed by atoms with Crippen LogP contribution < -0.4 is 0 Å². The molecular weight excluding hydrogens is 344 g/mol. The lowest BCUT2D eigenvalue weighted by Crippen LogP contribution is -2.52. The number of carboxylic acid groups (broad SMARTS) is 1. The molecule has 1 aliphatic carbocycles. The van der Waals surface area contributed by atoms with Crippen molar-refractivity contribution in [2.75, 3.05) is 26.2 Å². The summed E-state index contributed by atoms with van der Waals surface area (Å²) in [6.07, 6.45) is 4.39. The number of rotatable bonds is 7. The second kappa shape index (κ2) is 8.55. The summed E-state index contributed by atoms with van der Waals surface area (Å²) >= 11 is 0. The first kappa shape index (κ1) is 19.4. The van der Waals surface area contributed by atoms with Crippen LogP contribution in [0.4, 0.5) is 0 Å². The summed E-state index contributed by atoms with van der Waals surface area (Å²) in [6, 6.07) is 10.1. The van der Waals surface area contributed by atoms with Crippen LogP contribution in [0.5, 0.6) is 0 Å². The Balaban J connectivity index is 1.39. The molecule has 1 N–H and O–H groups in total. The fraction of sp³-hybridized carbons (Fsp3) is 0.571. The smallest absolute Gasteiger partial charge is 0.310 e. The maximum Gasteiger partial charge on any atom is 0.310 e. The summed E-state index contributed by atoms with van der Waals surface area (Å²) in [4.78, 5) is 39.8. The lowest BCUT2D eigenvalue weighted by molar-refractivity contribution is -0.160. The number of amides is 2. The third-order valence-corrected chi connectivity index (χ3v) is 5.94. The summed E-state index contributed by atoms with van der Waals surface area (Å²) in [5, 5.41) is 9.39. The molecule has 146 valence electrons. The predicted molar refractivity (Wildman–Crippen MR) is 101 cm³/mol. The van der Waals surface area contributed by atoms with E-state index in [1.165, 1.54) is 5.56 Å². The zero-order chi connectivity index (χ0) is 19.3. The van der Waals surface area contributed by atoms with Gasteiger partial charge in [0.2, 0.25) is 11.8 Å². The van der Waals surface area contributed by atoms with Crippen LogP contribution in [0.2, 0.25) is 0 Å². The van der Waals surface area contributed by atoms with Crippen molar-refractivity contribution in [3.8, 4) is 0 Å².